The summed E-state index contributed by atoms with van der Waals surface area (Å²) in [6.07, 6.45) is 7.02. The van der Waals surface area contributed by atoms with E-state index < -0.39 is 23.5 Å². The van der Waals surface area contributed by atoms with E-state index in [9.17, 15) is 19.2 Å². The molecule has 0 bridgehead atoms. The Kier molecular flexibility index (Phi) is 5.28. The van der Waals surface area contributed by atoms with E-state index in [0.717, 1.165) is 46.6 Å². The average Bonchev–Trinajstić information content (AvgIpc) is 2.93. The molecule has 156 valence electrons. The summed E-state index contributed by atoms with van der Waals surface area (Å²) in [6, 6.07) is 4.34. The van der Waals surface area contributed by atoms with Crippen molar-refractivity contribution in [2.24, 2.45) is 0 Å². The van der Waals surface area contributed by atoms with E-state index in [0.29, 0.717) is 23.0 Å². The van der Waals surface area contributed by atoms with Crippen molar-refractivity contribution in [3.63, 3.8) is 0 Å². The molecule has 30 heavy (non-hydrogen) atoms. The highest BCUT2D eigenvalue weighted by Gasteiger charge is 2.44. The molecule has 4 rings (SSSR count). The molecule has 0 N–H and O–H groups in total. The monoisotopic (exact) mass is 408 g/mol. The lowest BCUT2D eigenvalue weighted by Gasteiger charge is -2.18. The molecule has 1 saturated heterocycles. The normalized spacial score (nSPS) is 17.3. The SMILES string of the molecule is Cc1ccc2c(CN3C(=O)C(=O)N(CCC4=CCCCC4)C3=O)cc(=O)oc2c1C. The number of nitrogens with zero attached hydrogens (tertiary/aromatic N) is 2. The number of carbonyl (C=O) groups excluding carboxylic acids is 3. The molecule has 1 aromatic heterocycles. The van der Waals surface area contributed by atoms with Gasteiger partial charge in [0, 0.05) is 18.0 Å². The third-order valence-electron chi connectivity index (χ3n) is 6.02. The number of carbonyl (C=O) groups is 3. The summed E-state index contributed by atoms with van der Waals surface area (Å²) in [5, 5.41) is 0.650. The zero-order valence-corrected chi connectivity index (χ0v) is 17.2. The van der Waals surface area contributed by atoms with Gasteiger partial charge in [-0.2, -0.15) is 0 Å². The second-order valence-electron chi connectivity index (χ2n) is 7.96. The second kappa shape index (κ2) is 7.89. The van der Waals surface area contributed by atoms with Crippen LogP contribution < -0.4 is 5.63 Å². The van der Waals surface area contributed by atoms with Crippen LogP contribution in [0.15, 0.2) is 39.1 Å². The van der Waals surface area contributed by atoms with Crippen LogP contribution in [0.2, 0.25) is 0 Å². The van der Waals surface area contributed by atoms with Gasteiger partial charge in [0.1, 0.15) is 5.58 Å². The standard InChI is InChI=1S/C23H24N2O5/c1-14-8-9-18-17(12-19(26)30-20(18)15(14)2)13-25-22(28)21(27)24(23(25)29)11-10-16-6-4-3-5-7-16/h6,8-9,12H,3-5,7,10-11,13H2,1-2H3. The smallest absolute Gasteiger partial charge is 0.336 e. The van der Waals surface area contributed by atoms with Crippen molar-refractivity contribution in [3.05, 3.63) is 57.0 Å². The summed E-state index contributed by atoms with van der Waals surface area (Å²) in [6.45, 7) is 3.81. The lowest BCUT2D eigenvalue weighted by atomic mass is 9.97. The van der Waals surface area contributed by atoms with Gasteiger partial charge in [-0.25, -0.2) is 9.59 Å². The predicted molar refractivity (Wildman–Crippen MR) is 111 cm³/mol. The van der Waals surface area contributed by atoms with Gasteiger partial charge in [0.05, 0.1) is 6.54 Å². The molecule has 1 aliphatic carbocycles. The first-order valence-corrected chi connectivity index (χ1v) is 10.2. The Morgan fingerprint density at radius 3 is 2.50 bits per heavy atom. The number of allylic oxidation sites excluding steroid dienone is 1. The number of benzene rings is 1. The average molecular weight is 408 g/mol. The van der Waals surface area contributed by atoms with Gasteiger partial charge in [0.15, 0.2) is 0 Å². The van der Waals surface area contributed by atoms with E-state index in [-0.39, 0.29) is 13.1 Å². The summed E-state index contributed by atoms with van der Waals surface area (Å²) >= 11 is 0. The van der Waals surface area contributed by atoms with Gasteiger partial charge < -0.3 is 4.42 Å². The second-order valence-corrected chi connectivity index (χ2v) is 7.96. The van der Waals surface area contributed by atoms with E-state index in [2.05, 4.69) is 6.08 Å². The molecular formula is C23H24N2O5. The summed E-state index contributed by atoms with van der Waals surface area (Å²) < 4.78 is 5.35. The van der Waals surface area contributed by atoms with Gasteiger partial charge in [-0.05, 0) is 62.6 Å². The fraction of sp³-hybridized carbons (Fsp3) is 0.391. The molecule has 2 aromatic rings. The molecule has 0 spiro atoms. The fourth-order valence-corrected chi connectivity index (χ4v) is 4.10. The molecule has 2 aliphatic rings. The van der Waals surface area contributed by atoms with Crippen molar-refractivity contribution in [2.45, 2.75) is 52.5 Å². The minimum absolute atomic E-state index is 0.146. The minimum Gasteiger partial charge on any atom is -0.422 e. The molecule has 0 radical (unpaired) electrons. The van der Waals surface area contributed by atoms with Crippen LogP contribution in [-0.2, 0) is 16.1 Å². The van der Waals surface area contributed by atoms with Crippen LogP contribution in [0.4, 0.5) is 4.79 Å². The largest absolute Gasteiger partial charge is 0.422 e. The van der Waals surface area contributed by atoms with Crippen LogP contribution >= 0.6 is 0 Å². The Morgan fingerprint density at radius 1 is 1.00 bits per heavy atom. The van der Waals surface area contributed by atoms with E-state index >= 15 is 0 Å². The number of fused-ring (bicyclic) bond motifs is 1. The van der Waals surface area contributed by atoms with Crippen LogP contribution in [0.1, 0.15) is 48.8 Å². The topological polar surface area (TPSA) is 87.9 Å². The lowest BCUT2D eigenvalue weighted by Crippen LogP contribution is -2.34. The maximum Gasteiger partial charge on any atom is 0.336 e. The van der Waals surface area contributed by atoms with Crippen molar-refractivity contribution in [3.8, 4) is 0 Å². The number of rotatable bonds is 5. The van der Waals surface area contributed by atoms with Crippen LogP contribution in [0, 0.1) is 13.8 Å². The van der Waals surface area contributed by atoms with Crippen molar-refractivity contribution in [2.75, 3.05) is 6.54 Å². The first-order chi connectivity index (χ1) is 14.4. The molecule has 1 aliphatic heterocycles. The predicted octanol–water partition coefficient (Wildman–Crippen LogP) is 3.59. The Bertz CT molecular complexity index is 1140. The van der Waals surface area contributed by atoms with E-state index in [1.807, 2.05) is 19.9 Å². The summed E-state index contributed by atoms with van der Waals surface area (Å²) in [7, 11) is 0. The molecule has 7 nitrogen and oxygen atoms in total. The van der Waals surface area contributed by atoms with E-state index in [1.54, 1.807) is 6.07 Å². The van der Waals surface area contributed by atoms with E-state index in [1.165, 1.54) is 11.6 Å². The Balaban J connectivity index is 1.59. The molecule has 2 heterocycles. The van der Waals surface area contributed by atoms with Crippen molar-refractivity contribution >= 4 is 28.8 Å². The Morgan fingerprint density at radius 2 is 1.77 bits per heavy atom. The molecule has 4 amide bonds. The highest BCUT2D eigenvalue weighted by atomic mass is 16.4. The van der Waals surface area contributed by atoms with Crippen LogP contribution in [-0.4, -0.2) is 34.2 Å². The Labute approximate surface area is 173 Å². The van der Waals surface area contributed by atoms with Gasteiger partial charge in [0.25, 0.3) is 0 Å². The number of hydrogen-bond donors (Lipinski definition) is 0. The highest BCUT2D eigenvalue weighted by Crippen LogP contribution is 2.26. The highest BCUT2D eigenvalue weighted by molar-refractivity contribution is 6.44. The number of urea groups is 1. The maximum atomic E-state index is 12.8. The molecule has 1 aromatic carbocycles. The number of imide groups is 2. The van der Waals surface area contributed by atoms with E-state index in [4.69, 9.17) is 4.42 Å². The van der Waals surface area contributed by atoms with Crippen LogP contribution in [0.25, 0.3) is 11.0 Å². The molecule has 0 unspecified atom stereocenters. The maximum absolute atomic E-state index is 12.8. The summed E-state index contributed by atoms with van der Waals surface area (Å²) in [5.41, 5.74) is 3.38. The quantitative estimate of drug-likeness (QED) is 0.327. The van der Waals surface area contributed by atoms with Crippen LogP contribution in [0.5, 0.6) is 0 Å². The molecule has 0 saturated carbocycles. The van der Waals surface area contributed by atoms with Gasteiger partial charge >= 0.3 is 23.5 Å². The van der Waals surface area contributed by atoms with Gasteiger partial charge in [0.2, 0.25) is 0 Å². The van der Waals surface area contributed by atoms with Crippen molar-refractivity contribution in [1.29, 1.82) is 0 Å². The first-order valence-electron chi connectivity index (χ1n) is 10.2. The fourth-order valence-electron chi connectivity index (χ4n) is 4.10. The molecule has 1 fully saturated rings. The van der Waals surface area contributed by atoms with Crippen LogP contribution in [0.3, 0.4) is 0 Å². The first kappa shape index (κ1) is 20.1. The Hall–Kier alpha value is -3.22. The molecule has 0 atom stereocenters. The molecular weight excluding hydrogens is 384 g/mol. The summed E-state index contributed by atoms with van der Waals surface area (Å²) in [4.78, 5) is 51.8. The molecule has 7 heteroatoms. The number of aryl methyl sites for hydroxylation is 2. The van der Waals surface area contributed by atoms with Crippen molar-refractivity contribution < 1.29 is 18.8 Å². The van der Waals surface area contributed by atoms with Crippen molar-refractivity contribution in [1.82, 2.24) is 9.80 Å². The lowest BCUT2D eigenvalue weighted by molar-refractivity contribution is -0.143. The van der Waals surface area contributed by atoms with Gasteiger partial charge in [-0.3, -0.25) is 19.4 Å². The summed E-state index contributed by atoms with van der Waals surface area (Å²) in [5.74, 6) is -1.67. The third-order valence-corrected chi connectivity index (χ3v) is 6.02. The van der Waals surface area contributed by atoms with Gasteiger partial charge in [-0.1, -0.05) is 23.8 Å². The number of hydrogen-bond acceptors (Lipinski definition) is 5. The zero-order valence-electron chi connectivity index (χ0n) is 17.2. The van der Waals surface area contributed by atoms with Gasteiger partial charge in [-0.15, -0.1) is 0 Å². The minimum atomic E-state index is -0.858. The zero-order chi connectivity index (χ0) is 21.4. The number of amides is 4. The third kappa shape index (κ3) is 3.56.